The molecule has 0 aliphatic heterocycles. The number of hydrogen-bond acceptors (Lipinski definition) is 5. The summed E-state index contributed by atoms with van der Waals surface area (Å²) < 4.78 is 1.64. The van der Waals surface area contributed by atoms with Crippen LogP contribution in [0.15, 0.2) is 24.4 Å². The summed E-state index contributed by atoms with van der Waals surface area (Å²) in [4.78, 5) is 14.6. The molecule has 0 radical (unpaired) electrons. The van der Waals surface area contributed by atoms with E-state index in [1.54, 1.807) is 10.9 Å². The van der Waals surface area contributed by atoms with Crippen molar-refractivity contribution in [3.8, 4) is 11.5 Å². The molecule has 2 aromatic rings. The first kappa shape index (κ1) is 12.2. The van der Waals surface area contributed by atoms with Crippen LogP contribution in [0.5, 0.6) is 0 Å². The van der Waals surface area contributed by atoms with E-state index < -0.39 is 5.97 Å². The van der Waals surface area contributed by atoms with E-state index in [4.69, 9.17) is 5.11 Å². The molecule has 0 bridgehead atoms. The molecule has 18 heavy (non-hydrogen) atoms. The third kappa shape index (κ3) is 3.09. The number of nitrogens with zero attached hydrogens (tertiary/aromatic N) is 5. The molecule has 0 saturated carbocycles. The standard InChI is InChI=1S/C11H13N5O2/c17-10(18)6-2-4-8-16-11(13-14-15-16)9-5-1-3-7-12-9/h1,3,5,7H,2,4,6,8H2,(H,17,18). The van der Waals surface area contributed by atoms with Crippen LogP contribution in [0, 0.1) is 0 Å². The van der Waals surface area contributed by atoms with Gasteiger partial charge in [0.1, 0.15) is 5.69 Å². The highest BCUT2D eigenvalue weighted by atomic mass is 16.4. The lowest BCUT2D eigenvalue weighted by Crippen LogP contribution is -2.05. The molecule has 0 aromatic carbocycles. The zero-order valence-corrected chi connectivity index (χ0v) is 9.73. The van der Waals surface area contributed by atoms with Crippen molar-refractivity contribution in [2.45, 2.75) is 25.8 Å². The normalized spacial score (nSPS) is 10.4. The smallest absolute Gasteiger partial charge is 0.303 e. The van der Waals surface area contributed by atoms with Gasteiger partial charge in [0, 0.05) is 19.2 Å². The van der Waals surface area contributed by atoms with Gasteiger partial charge in [-0.1, -0.05) is 6.07 Å². The van der Waals surface area contributed by atoms with Gasteiger partial charge < -0.3 is 5.11 Å². The largest absolute Gasteiger partial charge is 0.481 e. The first-order valence-corrected chi connectivity index (χ1v) is 5.67. The van der Waals surface area contributed by atoms with E-state index in [0.717, 1.165) is 6.42 Å². The van der Waals surface area contributed by atoms with Gasteiger partial charge in [-0.05, 0) is 35.4 Å². The zero-order chi connectivity index (χ0) is 12.8. The van der Waals surface area contributed by atoms with Gasteiger partial charge in [0.2, 0.25) is 5.82 Å². The van der Waals surface area contributed by atoms with Crippen LogP contribution in [0.3, 0.4) is 0 Å². The van der Waals surface area contributed by atoms with Gasteiger partial charge in [0.25, 0.3) is 0 Å². The van der Waals surface area contributed by atoms with Crippen molar-refractivity contribution in [1.82, 2.24) is 25.2 Å². The van der Waals surface area contributed by atoms with Gasteiger partial charge in [0.05, 0.1) is 0 Å². The third-order valence-electron chi connectivity index (χ3n) is 2.44. The second kappa shape index (κ2) is 5.85. The van der Waals surface area contributed by atoms with Gasteiger partial charge in [-0.3, -0.25) is 9.78 Å². The van der Waals surface area contributed by atoms with E-state index in [1.807, 2.05) is 18.2 Å². The van der Waals surface area contributed by atoms with E-state index in [0.29, 0.717) is 24.5 Å². The summed E-state index contributed by atoms with van der Waals surface area (Å²) in [6.07, 6.45) is 3.17. The predicted molar refractivity (Wildman–Crippen MR) is 62.5 cm³/mol. The molecular formula is C11H13N5O2. The quantitative estimate of drug-likeness (QED) is 0.765. The number of aliphatic carboxylic acids is 1. The Morgan fingerprint density at radius 2 is 2.22 bits per heavy atom. The van der Waals surface area contributed by atoms with E-state index in [-0.39, 0.29) is 6.42 Å². The van der Waals surface area contributed by atoms with Crippen molar-refractivity contribution >= 4 is 5.97 Å². The van der Waals surface area contributed by atoms with Crippen molar-refractivity contribution in [3.05, 3.63) is 24.4 Å². The van der Waals surface area contributed by atoms with Gasteiger partial charge >= 0.3 is 5.97 Å². The zero-order valence-electron chi connectivity index (χ0n) is 9.73. The molecule has 2 heterocycles. The molecule has 0 unspecified atom stereocenters. The maximum absolute atomic E-state index is 10.4. The van der Waals surface area contributed by atoms with Crippen LogP contribution < -0.4 is 0 Å². The fourth-order valence-corrected chi connectivity index (χ4v) is 1.57. The molecule has 2 aromatic heterocycles. The van der Waals surface area contributed by atoms with Crippen LogP contribution in [0.4, 0.5) is 0 Å². The van der Waals surface area contributed by atoms with Crippen LogP contribution in [-0.4, -0.2) is 36.3 Å². The molecule has 7 heteroatoms. The number of hydrogen-bond donors (Lipinski definition) is 1. The summed E-state index contributed by atoms with van der Waals surface area (Å²) in [6.45, 7) is 0.589. The van der Waals surface area contributed by atoms with Crippen molar-refractivity contribution in [1.29, 1.82) is 0 Å². The lowest BCUT2D eigenvalue weighted by molar-refractivity contribution is -0.137. The maximum atomic E-state index is 10.4. The van der Waals surface area contributed by atoms with Crippen LogP contribution in [-0.2, 0) is 11.3 Å². The Balaban J connectivity index is 1.98. The minimum atomic E-state index is -0.781. The van der Waals surface area contributed by atoms with Crippen LogP contribution in [0.25, 0.3) is 11.5 Å². The molecular weight excluding hydrogens is 234 g/mol. The van der Waals surface area contributed by atoms with Crippen molar-refractivity contribution in [2.24, 2.45) is 0 Å². The highest BCUT2D eigenvalue weighted by molar-refractivity contribution is 5.66. The fraction of sp³-hybridized carbons (Fsp3) is 0.364. The van der Waals surface area contributed by atoms with E-state index in [9.17, 15) is 4.79 Å². The molecule has 0 spiro atoms. The fourth-order valence-electron chi connectivity index (χ4n) is 1.57. The topological polar surface area (TPSA) is 93.8 Å². The summed E-state index contributed by atoms with van der Waals surface area (Å²) in [5, 5.41) is 20.0. The van der Waals surface area contributed by atoms with Crippen LogP contribution in [0.1, 0.15) is 19.3 Å². The second-order valence-corrected chi connectivity index (χ2v) is 3.79. The number of unbranched alkanes of at least 4 members (excludes halogenated alkanes) is 1. The number of aryl methyl sites for hydroxylation is 1. The summed E-state index contributed by atoms with van der Waals surface area (Å²) in [7, 11) is 0. The average molecular weight is 247 g/mol. The third-order valence-corrected chi connectivity index (χ3v) is 2.44. The minimum absolute atomic E-state index is 0.168. The Morgan fingerprint density at radius 1 is 1.33 bits per heavy atom. The summed E-state index contributed by atoms with van der Waals surface area (Å²) >= 11 is 0. The maximum Gasteiger partial charge on any atom is 0.303 e. The van der Waals surface area contributed by atoms with Gasteiger partial charge in [-0.15, -0.1) is 5.10 Å². The Kier molecular flexibility index (Phi) is 3.95. The van der Waals surface area contributed by atoms with Gasteiger partial charge in [-0.2, -0.15) is 0 Å². The molecule has 0 aliphatic carbocycles. The van der Waals surface area contributed by atoms with Crippen molar-refractivity contribution in [3.63, 3.8) is 0 Å². The molecule has 0 saturated heterocycles. The van der Waals surface area contributed by atoms with Crippen LogP contribution >= 0.6 is 0 Å². The number of tetrazole rings is 1. The first-order valence-electron chi connectivity index (χ1n) is 5.67. The molecule has 0 atom stereocenters. The number of carboxylic acid groups (broad SMARTS) is 1. The Hall–Kier alpha value is -2.31. The number of pyridine rings is 1. The summed E-state index contributed by atoms with van der Waals surface area (Å²) in [5.74, 6) is -0.178. The molecule has 0 aliphatic rings. The molecule has 2 rings (SSSR count). The summed E-state index contributed by atoms with van der Waals surface area (Å²) in [6, 6.07) is 5.52. The number of rotatable bonds is 6. The molecule has 7 nitrogen and oxygen atoms in total. The Labute approximate surface area is 103 Å². The predicted octanol–water partition coefficient (Wildman–Crippen LogP) is 0.990. The molecule has 0 fully saturated rings. The number of carbonyl (C=O) groups is 1. The minimum Gasteiger partial charge on any atom is -0.481 e. The molecule has 94 valence electrons. The van der Waals surface area contributed by atoms with Crippen molar-refractivity contribution in [2.75, 3.05) is 0 Å². The average Bonchev–Trinajstić information content (AvgIpc) is 2.84. The second-order valence-electron chi connectivity index (χ2n) is 3.79. The van der Waals surface area contributed by atoms with E-state index >= 15 is 0 Å². The monoisotopic (exact) mass is 247 g/mol. The van der Waals surface area contributed by atoms with E-state index in [2.05, 4.69) is 20.5 Å². The van der Waals surface area contributed by atoms with Crippen molar-refractivity contribution < 1.29 is 9.90 Å². The lowest BCUT2D eigenvalue weighted by atomic mass is 10.2. The highest BCUT2D eigenvalue weighted by Crippen LogP contribution is 2.12. The van der Waals surface area contributed by atoms with Gasteiger partial charge in [0.15, 0.2) is 0 Å². The lowest BCUT2D eigenvalue weighted by Gasteiger charge is -2.03. The number of carboxylic acids is 1. The molecule has 0 amide bonds. The van der Waals surface area contributed by atoms with Crippen LogP contribution in [0.2, 0.25) is 0 Å². The molecule has 1 N–H and O–H groups in total. The Bertz CT molecular complexity index is 511. The first-order chi connectivity index (χ1) is 8.77. The SMILES string of the molecule is O=C(O)CCCCn1nnnc1-c1ccccn1. The number of aromatic nitrogens is 5. The highest BCUT2D eigenvalue weighted by Gasteiger charge is 2.09. The summed E-state index contributed by atoms with van der Waals surface area (Å²) in [5.41, 5.74) is 0.709. The van der Waals surface area contributed by atoms with Gasteiger partial charge in [-0.25, -0.2) is 4.68 Å². The van der Waals surface area contributed by atoms with E-state index in [1.165, 1.54) is 0 Å². The Morgan fingerprint density at radius 3 is 2.94 bits per heavy atom.